The SMILES string of the molecule is CC(C)(C)OC(=O)Nc1c(C=O)ccc(F)c1F. The number of amides is 1. The maximum absolute atomic E-state index is 13.4. The van der Waals surface area contributed by atoms with Gasteiger partial charge in [0.1, 0.15) is 5.60 Å². The van der Waals surface area contributed by atoms with Crippen LogP contribution in [-0.4, -0.2) is 18.0 Å². The van der Waals surface area contributed by atoms with Gasteiger partial charge in [-0.05, 0) is 32.9 Å². The highest BCUT2D eigenvalue weighted by Gasteiger charge is 2.20. The van der Waals surface area contributed by atoms with Crippen molar-refractivity contribution in [3.05, 3.63) is 29.3 Å². The summed E-state index contributed by atoms with van der Waals surface area (Å²) < 4.78 is 31.3. The molecular formula is C12H13F2NO3. The molecule has 0 unspecified atom stereocenters. The van der Waals surface area contributed by atoms with Crippen LogP contribution in [0, 0.1) is 11.6 Å². The summed E-state index contributed by atoms with van der Waals surface area (Å²) in [6.45, 7) is 4.86. The number of anilines is 1. The third-order valence-electron chi connectivity index (χ3n) is 1.88. The summed E-state index contributed by atoms with van der Waals surface area (Å²) in [5.74, 6) is -2.46. The number of nitrogens with one attached hydrogen (secondary N) is 1. The highest BCUT2D eigenvalue weighted by atomic mass is 19.2. The van der Waals surface area contributed by atoms with Gasteiger partial charge in [-0.25, -0.2) is 13.6 Å². The van der Waals surface area contributed by atoms with Crippen molar-refractivity contribution in [2.24, 2.45) is 0 Å². The second-order valence-electron chi connectivity index (χ2n) is 4.57. The first-order valence-corrected chi connectivity index (χ1v) is 5.18. The Kier molecular flexibility index (Phi) is 4.00. The summed E-state index contributed by atoms with van der Waals surface area (Å²) in [5.41, 5.74) is -1.48. The zero-order valence-electron chi connectivity index (χ0n) is 10.2. The Morgan fingerprint density at radius 3 is 2.44 bits per heavy atom. The maximum atomic E-state index is 13.4. The van der Waals surface area contributed by atoms with Crippen molar-refractivity contribution in [1.29, 1.82) is 0 Å². The van der Waals surface area contributed by atoms with Gasteiger partial charge in [-0.2, -0.15) is 0 Å². The van der Waals surface area contributed by atoms with Crippen LogP contribution in [0.2, 0.25) is 0 Å². The van der Waals surface area contributed by atoms with Crippen molar-refractivity contribution in [3.63, 3.8) is 0 Å². The third kappa shape index (κ3) is 3.51. The molecule has 0 saturated carbocycles. The number of benzene rings is 1. The van der Waals surface area contributed by atoms with Crippen LogP contribution in [0.25, 0.3) is 0 Å². The number of hydrogen-bond donors (Lipinski definition) is 1. The van der Waals surface area contributed by atoms with E-state index < -0.39 is 29.0 Å². The van der Waals surface area contributed by atoms with Crippen molar-refractivity contribution in [2.45, 2.75) is 26.4 Å². The van der Waals surface area contributed by atoms with Gasteiger partial charge in [0, 0.05) is 5.56 Å². The Morgan fingerprint density at radius 2 is 1.94 bits per heavy atom. The van der Waals surface area contributed by atoms with Crippen molar-refractivity contribution in [2.75, 3.05) is 5.32 Å². The predicted molar refractivity (Wildman–Crippen MR) is 61.6 cm³/mol. The van der Waals surface area contributed by atoms with Gasteiger partial charge in [0.2, 0.25) is 0 Å². The van der Waals surface area contributed by atoms with E-state index >= 15 is 0 Å². The molecule has 0 bridgehead atoms. The summed E-state index contributed by atoms with van der Waals surface area (Å²) >= 11 is 0. The molecule has 0 spiro atoms. The molecule has 0 aliphatic carbocycles. The molecule has 0 saturated heterocycles. The van der Waals surface area contributed by atoms with E-state index in [2.05, 4.69) is 0 Å². The van der Waals surface area contributed by atoms with Gasteiger partial charge in [-0.15, -0.1) is 0 Å². The summed E-state index contributed by atoms with van der Waals surface area (Å²) in [4.78, 5) is 22.1. The lowest BCUT2D eigenvalue weighted by atomic mass is 10.2. The van der Waals surface area contributed by atoms with E-state index in [0.29, 0.717) is 6.29 Å². The molecule has 1 rings (SSSR count). The molecule has 1 N–H and O–H groups in total. The molecule has 98 valence electrons. The number of hydrogen-bond acceptors (Lipinski definition) is 3. The number of rotatable bonds is 2. The summed E-state index contributed by atoms with van der Waals surface area (Å²) in [6, 6.07) is 1.87. The minimum absolute atomic E-state index is 0.167. The lowest BCUT2D eigenvalue weighted by molar-refractivity contribution is 0.0635. The van der Waals surface area contributed by atoms with Crippen LogP contribution in [0.3, 0.4) is 0 Å². The zero-order chi connectivity index (χ0) is 13.9. The molecule has 0 aromatic heterocycles. The Labute approximate surface area is 103 Å². The van der Waals surface area contributed by atoms with E-state index in [-0.39, 0.29) is 5.56 Å². The second-order valence-corrected chi connectivity index (χ2v) is 4.57. The molecule has 0 aliphatic rings. The highest BCUT2D eigenvalue weighted by Crippen LogP contribution is 2.22. The molecule has 1 aromatic carbocycles. The van der Waals surface area contributed by atoms with Crippen LogP contribution in [0.5, 0.6) is 0 Å². The number of carbonyl (C=O) groups excluding carboxylic acids is 2. The number of halogens is 2. The quantitative estimate of drug-likeness (QED) is 0.828. The molecule has 6 heteroatoms. The first kappa shape index (κ1) is 14.1. The first-order chi connectivity index (χ1) is 8.24. The number of carbonyl (C=O) groups is 2. The first-order valence-electron chi connectivity index (χ1n) is 5.18. The standard InChI is InChI=1S/C12H13F2NO3/c1-12(2,3)18-11(17)15-10-7(6-16)4-5-8(13)9(10)14/h4-6H,1-3H3,(H,15,17). The van der Waals surface area contributed by atoms with Crippen LogP contribution >= 0.6 is 0 Å². The summed E-state index contributed by atoms with van der Waals surface area (Å²) in [7, 11) is 0. The zero-order valence-corrected chi connectivity index (χ0v) is 10.2. The molecule has 18 heavy (non-hydrogen) atoms. The van der Waals surface area contributed by atoms with Crippen molar-refractivity contribution in [3.8, 4) is 0 Å². The van der Waals surface area contributed by atoms with Gasteiger partial charge in [0.25, 0.3) is 0 Å². The monoisotopic (exact) mass is 257 g/mol. The lowest BCUT2D eigenvalue weighted by Crippen LogP contribution is -2.28. The number of ether oxygens (including phenoxy) is 1. The Bertz CT molecular complexity index is 481. The van der Waals surface area contributed by atoms with E-state index in [4.69, 9.17) is 4.74 Å². The number of aldehydes is 1. The predicted octanol–water partition coefficient (Wildman–Crippen LogP) is 3.12. The second kappa shape index (κ2) is 5.12. The molecular weight excluding hydrogens is 244 g/mol. The Hall–Kier alpha value is -1.98. The summed E-state index contributed by atoms with van der Waals surface area (Å²) in [5, 5.41) is 2.02. The van der Waals surface area contributed by atoms with Crippen molar-refractivity contribution in [1.82, 2.24) is 0 Å². The van der Waals surface area contributed by atoms with E-state index in [1.54, 1.807) is 20.8 Å². The molecule has 0 aliphatic heterocycles. The van der Waals surface area contributed by atoms with Crippen LogP contribution in [0.1, 0.15) is 31.1 Å². The fraction of sp³-hybridized carbons (Fsp3) is 0.333. The van der Waals surface area contributed by atoms with Crippen molar-refractivity contribution < 1.29 is 23.1 Å². The topological polar surface area (TPSA) is 55.4 Å². The Balaban J connectivity index is 3.00. The maximum Gasteiger partial charge on any atom is 0.412 e. The van der Waals surface area contributed by atoms with E-state index in [9.17, 15) is 18.4 Å². The normalized spacial score (nSPS) is 10.9. The van der Waals surface area contributed by atoms with Gasteiger partial charge in [-0.3, -0.25) is 10.1 Å². The van der Waals surface area contributed by atoms with Crippen LogP contribution < -0.4 is 5.32 Å². The molecule has 1 amide bonds. The fourth-order valence-corrected chi connectivity index (χ4v) is 1.20. The average Bonchev–Trinajstić information content (AvgIpc) is 2.22. The van der Waals surface area contributed by atoms with Gasteiger partial charge in [-0.1, -0.05) is 0 Å². The lowest BCUT2D eigenvalue weighted by Gasteiger charge is -2.20. The highest BCUT2D eigenvalue weighted by molar-refractivity contribution is 5.93. The molecule has 1 aromatic rings. The average molecular weight is 257 g/mol. The van der Waals surface area contributed by atoms with E-state index in [1.807, 2.05) is 5.32 Å². The third-order valence-corrected chi connectivity index (χ3v) is 1.88. The van der Waals surface area contributed by atoms with Crippen LogP contribution in [0.15, 0.2) is 12.1 Å². The van der Waals surface area contributed by atoms with E-state index in [0.717, 1.165) is 12.1 Å². The van der Waals surface area contributed by atoms with Gasteiger partial charge >= 0.3 is 6.09 Å². The molecule has 4 nitrogen and oxygen atoms in total. The minimum Gasteiger partial charge on any atom is -0.444 e. The Morgan fingerprint density at radius 1 is 1.33 bits per heavy atom. The smallest absolute Gasteiger partial charge is 0.412 e. The van der Waals surface area contributed by atoms with Crippen molar-refractivity contribution >= 4 is 18.1 Å². The van der Waals surface area contributed by atoms with Crippen LogP contribution in [0.4, 0.5) is 19.3 Å². The van der Waals surface area contributed by atoms with Gasteiger partial charge in [0.05, 0.1) is 5.69 Å². The summed E-state index contributed by atoms with van der Waals surface area (Å²) in [6.07, 6.45) is -0.648. The van der Waals surface area contributed by atoms with E-state index in [1.165, 1.54) is 0 Å². The molecule has 0 fully saturated rings. The van der Waals surface area contributed by atoms with Crippen LogP contribution in [-0.2, 0) is 4.74 Å². The van der Waals surface area contributed by atoms with Gasteiger partial charge in [0.15, 0.2) is 17.9 Å². The largest absolute Gasteiger partial charge is 0.444 e. The molecule has 0 atom stereocenters. The molecule has 0 radical (unpaired) electrons. The van der Waals surface area contributed by atoms with Gasteiger partial charge < -0.3 is 4.74 Å². The molecule has 0 heterocycles. The fourth-order valence-electron chi connectivity index (χ4n) is 1.20. The minimum atomic E-state index is -1.30.